The van der Waals surface area contributed by atoms with E-state index in [-0.39, 0.29) is 24.0 Å². The molecule has 0 radical (unpaired) electrons. The van der Waals surface area contributed by atoms with Crippen LogP contribution in [0.4, 0.5) is 0 Å². The van der Waals surface area contributed by atoms with Crippen molar-refractivity contribution in [3.8, 4) is 0 Å². The average Bonchev–Trinajstić information content (AvgIpc) is 2.82. The molecule has 146 valence electrons. The van der Waals surface area contributed by atoms with Crippen LogP contribution >= 0.6 is 39.9 Å². The molecule has 2 rings (SSSR count). The van der Waals surface area contributed by atoms with Gasteiger partial charge in [-0.05, 0) is 43.9 Å². The van der Waals surface area contributed by atoms with Gasteiger partial charge in [0, 0.05) is 37.1 Å². The van der Waals surface area contributed by atoms with Crippen LogP contribution in [0, 0.1) is 0 Å². The zero-order valence-corrected chi connectivity index (χ0v) is 19.4. The number of aliphatic imine (C=N–C) groups is 1. The number of halogens is 2. The number of nitrogens with one attached hydrogen (secondary N) is 2. The molecule has 26 heavy (non-hydrogen) atoms. The van der Waals surface area contributed by atoms with E-state index >= 15 is 0 Å². The summed E-state index contributed by atoms with van der Waals surface area (Å²) in [7, 11) is 0. The second-order valence-corrected chi connectivity index (χ2v) is 7.21. The third-order valence-electron chi connectivity index (χ3n) is 4.25. The second kappa shape index (κ2) is 13.4. The van der Waals surface area contributed by atoms with E-state index in [1.165, 1.54) is 12.0 Å². The number of likely N-dealkylation sites (tertiary alicyclic amines) is 1. The van der Waals surface area contributed by atoms with Gasteiger partial charge in [-0.2, -0.15) is 0 Å². The van der Waals surface area contributed by atoms with Crippen molar-refractivity contribution in [2.45, 2.75) is 45.6 Å². The van der Waals surface area contributed by atoms with Crippen molar-refractivity contribution in [2.75, 3.05) is 26.2 Å². The van der Waals surface area contributed by atoms with Crippen LogP contribution in [0.1, 0.15) is 44.6 Å². The molecule has 2 N–H and O–H groups in total. The largest absolute Gasteiger partial charge is 0.357 e. The molecule has 0 unspecified atom stereocenters. The highest BCUT2D eigenvalue weighted by molar-refractivity contribution is 14.0. The first-order chi connectivity index (χ1) is 12.2. The van der Waals surface area contributed by atoms with Crippen molar-refractivity contribution in [2.24, 2.45) is 4.99 Å². The Morgan fingerprint density at radius 3 is 2.69 bits per heavy atom. The van der Waals surface area contributed by atoms with Crippen molar-refractivity contribution in [3.05, 3.63) is 34.3 Å². The number of hydrogen-bond donors (Lipinski definition) is 2. The van der Waals surface area contributed by atoms with Gasteiger partial charge in [0.15, 0.2) is 5.96 Å². The molecular formula is C19H30BrIN4O. The Hall–Kier alpha value is -0.830. The molecule has 1 amide bonds. The van der Waals surface area contributed by atoms with Crippen LogP contribution in [0.3, 0.4) is 0 Å². The van der Waals surface area contributed by atoms with Crippen LogP contribution < -0.4 is 10.6 Å². The molecule has 1 saturated heterocycles. The molecule has 0 atom stereocenters. The quantitative estimate of drug-likeness (QED) is 0.240. The van der Waals surface area contributed by atoms with Crippen molar-refractivity contribution in [1.82, 2.24) is 15.5 Å². The highest BCUT2D eigenvalue weighted by atomic mass is 127. The highest BCUT2D eigenvalue weighted by Gasteiger charge is 2.15. The van der Waals surface area contributed by atoms with Gasteiger partial charge in [-0.3, -0.25) is 4.79 Å². The van der Waals surface area contributed by atoms with Crippen molar-refractivity contribution < 1.29 is 4.79 Å². The van der Waals surface area contributed by atoms with E-state index in [1.54, 1.807) is 0 Å². The molecule has 0 aromatic heterocycles. The van der Waals surface area contributed by atoms with Crippen molar-refractivity contribution >= 4 is 51.8 Å². The summed E-state index contributed by atoms with van der Waals surface area (Å²) in [6.45, 7) is 6.10. The Labute approximate surface area is 182 Å². The smallest absolute Gasteiger partial charge is 0.222 e. The normalized spacial score (nSPS) is 15.2. The lowest BCUT2D eigenvalue weighted by Gasteiger charge is -2.20. The molecular weight excluding hydrogens is 507 g/mol. The monoisotopic (exact) mass is 536 g/mol. The maximum Gasteiger partial charge on any atom is 0.222 e. The lowest BCUT2D eigenvalue weighted by Crippen LogP contribution is -2.39. The minimum absolute atomic E-state index is 0. The summed E-state index contributed by atoms with van der Waals surface area (Å²) in [6, 6.07) is 8.21. The lowest BCUT2D eigenvalue weighted by atomic mass is 10.2. The minimum atomic E-state index is 0. The summed E-state index contributed by atoms with van der Waals surface area (Å²) in [6.07, 6.45) is 5.00. The van der Waals surface area contributed by atoms with Gasteiger partial charge in [-0.25, -0.2) is 4.99 Å². The summed E-state index contributed by atoms with van der Waals surface area (Å²) >= 11 is 3.45. The molecule has 1 aromatic carbocycles. The Balaban J connectivity index is 0.00000338. The maximum absolute atomic E-state index is 12.0. The van der Waals surface area contributed by atoms with E-state index in [2.05, 4.69) is 50.6 Å². The Kier molecular flexibility index (Phi) is 11.9. The topological polar surface area (TPSA) is 56.7 Å². The first-order valence-corrected chi connectivity index (χ1v) is 10.0. The molecule has 0 spiro atoms. The summed E-state index contributed by atoms with van der Waals surface area (Å²) in [5.74, 6) is 1.14. The van der Waals surface area contributed by atoms with Gasteiger partial charge in [-0.15, -0.1) is 24.0 Å². The number of amides is 1. The van der Waals surface area contributed by atoms with Gasteiger partial charge in [0.05, 0.1) is 6.54 Å². The molecule has 1 aliphatic rings. The number of rotatable bonds is 7. The fourth-order valence-electron chi connectivity index (χ4n) is 2.85. The van der Waals surface area contributed by atoms with E-state index in [9.17, 15) is 4.79 Å². The first-order valence-electron chi connectivity index (χ1n) is 9.23. The zero-order valence-electron chi connectivity index (χ0n) is 15.5. The van der Waals surface area contributed by atoms with Gasteiger partial charge in [0.1, 0.15) is 0 Å². The van der Waals surface area contributed by atoms with Crippen LogP contribution in [0.25, 0.3) is 0 Å². The van der Waals surface area contributed by atoms with E-state index in [1.807, 2.05) is 17.0 Å². The third kappa shape index (κ3) is 8.70. The molecule has 1 aromatic rings. The molecule has 5 nitrogen and oxygen atoms in total. The minimum Gasteiger partial charge on any atom is -0.357 e. The lowest BCUT2D eigenvalue weighted by molar-refractivity contribution is -0.130. The van der Waals surface area contributed by atoms with Crippen LogP contribution in [0.5, 0.6) is 0 Å². The fourth-order valence-corrected chi connectivity index (χ4v) is 3.12. The first kappa shape index (κ1) is 23.2. The molecule has 0 aliphatic carbocycles. The molecule has 0 saturated carbocycles. The number of guanidine groups is 1. The Morgan fingerprint density at radius 1 is 1.19 bits per heavy atom. The van der Waals surface area contributed by atoms with E-state index in [0.717, 1.165) is 55.9 Å². The van der Waals surface area contributed by atoms with Crippen molar-refractivity contribution in [3.63, 3.8) is 0 Å². The molecule has 7 heteroatoms. The standard InChI is InChI=1S/C19H29BrN4O.HI/c1-2-21-19(23-15-16-8-10-17(20)11-9-16)22-12-6-14-24-13-5-3-4-7-18(24)25;/h8-11H,2-7,12-15H2,1H3,(H2,21,22,23);1H. The number of benzene rings is 1. The SMILES string of the molecule is CCNC(=NCc1ccc(Br)cc1)NCCCN1CCCCCC1=O.I. The highest BCUT2D eigenvalue weighted by Crippen LogP contribution is 2.12. The molecule has 1 fully saturated rings. The van der Waals surface area contributed by atoms with E-state index in [4.69, 9.17) is 0 Å². The molecule has 1 heterocycles. The number of carbonyl (C=O) groups is 1. The summed E-state index contributed by atoms with van der Waals surface area (Å²) in [4.78, 5) is 18.6. The van der Waals surface area contributed by atoms with Gasteiger partial charge in [-0.1, -0.05) is 34.5 Å². The number of nitrogens with zero attached hydrogens (tertiary/aromatic N) is 2. The van der Waals surface area contributed by atoms with Crippen LogP contribution in [-0.4, -0.2) is 42.9 Å². The maximum atomic E-state index is 12.0. The molecule has 1 aliphatic heterocycles. The summed E-state index contributed by atoms with van der Waals surface area (Å²) < 4.78 is 1.08. The van der Waals surface area contributed by atoms with Crippen LogP contribution in [0.15, 0.2) is 33.7 Å². The summed E-state index contributed by atoms with van der Waals surface area (Å²) in [5.41, 5.74) is 1.18. The average molecular weight is 537 g/mol. The van der Waals surface area contributed by atoms with Gasteiger partial charge >= 0.3 is 0 Å². The zero-order chi connectivity index (χ0) is 17.9. The second-order valence-electron chi connectivity index (χ2n) is 6.29. The third-order valence-corrected chi connectivity index (χ3v) is 4.77. The summed E-state index contributed by atoms with van der Waals surface area (Å²) in [5, 5.41) is 6.63. The molecule has 0 bridgehead atoms. The van der Waals surface area contributed by atoms with Crippen LogP contribution in [-0.2, 0) is 11.3 Å². The van der Waals surface area contributed by atoms with E-state index in [0.29, 0.717) is 18.9 Å². The van der Waals surface area contributed by atoms with Crippen LogP contribution in [0.2, 0.25) is 0 Å². The fraction of sp³-hybridized carbons (Fsp3) is 0.579. The number of hydrogen-bond acceptors (Lipinski definition) is 2. The number of carbonyl (C=O) groups excluding carboxylic acids is 1. The predicted molar refractivity (Wildman–Crippen MR) is 122 cm³/mol. The van der Waals surface area contributed by atoms with E-state index < -0.39 is 0 Å². The van der Waals surface area contributed by atoms with Gasteiger partial charge in [0.25, 0.3) is 0 Å². The predicted octanol–water partition coefficient (Wildman–Crippen LogP) is 3.91. The Morgan fingerprint density at radius 2 is 1.96 bits per heavy atom. The van der Waals surface area contributed by atoms with Gasteiger partial charge in [0.2, 0.25) is 5.91 Å². The van der Waals surface area contributed by atoms with Crippen molar-refractivity contribution in [1.29, 1.82) is 0 Å². The van der Waals surface area contributed by atoms with Gasteiger partial charge < -0.3 is 15.5 Å². The Bertz CT molecular complexity index is 565.